The average molecular weight is 238 g/mol. The second-order valence-electron chi connectivity index (χ2n) is 5.12. The highest BCUT2D eigenvalue weighted by atomic mass is 16.5. The molecule has 96 valence electrons. The Kier molecular flexibility index (Phi) is 4.12. The van der Waals surface area contributed by atoms with Gasteiger partial charge in [0.2, 0.25) is 5.89 Å². The van der Waals surface area contributed by atoms with Crippen molar-refractivity contribution >= 4 is 0 Å². The number of hydrogen-bond acceptors (Lipinski definition) is 5. The molecule has 1 fully saturated rings. The van der Waals surface area contributed by atoms with Gasteiger partial charge in [0.05, 0.1) is 6.54 Å². The van der Waals surface area contributed by atoms with Gasteiger partial charge in [0, 0.05) is 18.5 Å². The Labute approximate surface area is 103 Å². The highest BCUT2D eigenvalue weighted by Gasteiger charge is 2.20. The predicted molar refractivity (Wildman–Crippen MR) is 65.7 cm³/mol. The van der Waals surface area contributed by atoms with Crippen LogP contribution >= 0.6 is 0 Å². The molecule has 0 aliphatic carbocycles. The summed E-state index contributed by atoms with van der Waals surface area (Å²) in [5.74, 6) is 1.85. The van der Waals surface area contributed by atoms with Crippen LogP contribution < -0.4 is 5.32 Å². The van der Waals surface area contributed by atoms with Gasteiger partial charge in [-0.15, -0.1) is 0 Å². The summed E-state index contributed by atoms with van der Waals surface area (Å²) in [6, 6.07) is 0.582. The number of nitrogens with one attached hydrogen (secondary N) is 1. The van der Waals surface area contributed by atoms with E-state index in [1.165, 1.54) is 12.8 Å². The quantitative estimate of drug-likeness (QED) is 0.858. The molecular weight excluding hydrogens is 216 g/mol. The fourth-order valence-corrected chi connectivity index (χ4v) is 2.12. The summed E-state index contributed by atoms with van der Waals surface area (Å²) >= 11 is 0. The SMILES string of the molecule is CC(C)c1noc(CN(C)C2CCCNC2)n1. The van der Waals surface area contributed by atoms with E-state index in [0.717, 1.165) is 31.3 Å². The Morgan fingerprint density at radius 3 is 2.94 bits per heavy atom. The Morgan fingerprint density at radius 2 is 2.35 bits per heavy atom. The summed E-state index contributed by atoms with van der Waals surface area (Å²) in [4.78, 5) is 6.70. The van der Waals surface area contributed by atoms with E-state index in [1.807, 2.05) is 0 Å². The topological polar surface area (TPSA) is 54.2 Å². The maximum atomic E-state index is 5.26. The van der Waals surface area contributed by atoms with E-state index >= 15 is 0 Å². The molecule has 1 N–H and O–H groups in total. The zero-order chi connectivity index (χ0) is 12.3. The van der Waals surface area contributed by atoms with Crippen molar-refractivity contribution in [1.82, 2.24) is 20.4 Å². The molecule has 0 amide bonds. The zero-order valence-corrected chi connectivity index (χ0v) is 10.9. The minimum Gasteiger partial charge on any atom is -0.338 e. The van der Waals surface area contributed by atoms with Gasteiger partial charge in [0.15, 0.2) is 5.82 Å². The van der Waals surface area contributed by atoms with E-state index in [2.05, 4.69) is 41.3 Å². The summed E-state index contributed by atoms with van der Waals surface area (Å²) in [6.07, 6.45) is 2.49. The monoisotopic (exact) mass is 238 g/mol. The first-order valence-corrected chi connectivity index (χ1v) is 6.40. The Morgan fingerprint density at radius 1 is 1.53 bits per heavy atom. The van der Waals surface area contributed by atoms with Crippen molar-refractivity contribution in [1.29, 1.82) is 0 Å². The lowest BCUT2D eigenvalue weighted by molar-refractivity contribution is 0.174. The van der Waals surface area contributed by atoms with E-state index in [0.29, 0.717) is 12.0 Å². The molecule has 2 rings (SSSR count). The maximum absolute atomic E-state index is 5.26. The van der Waals surface area contributed by atoms with E-state index in [1.54, 1.807) is 0 Å². The summed E-state index contributed by atoms with van der Waals surface area (Å²) in [7, 11) is 2.12. The van der Waals surface area contributed by atoms with Crippen LogP contribution in [0.3, 0.4) is 0 Å². The molecule has 17 heavy (non-hydrogen) atoms. The van der Waals surface area contributed by atoms with Crippen LogP contribution in [0.4, 0.5) is 0 Å². The lowest BCUT2D eigenvalue weighted by Crippen LogP contribution is -2.43. The van der Waals surface area contributed by atoms with E-state index < -0.39 is 0 Å². The third kappa shape index (κ3) is 3.26. The molecule has 1 atom stereocenters. The van der Waals surface area contributed by atoms with Crippen molar-refractivity contribution in [2.24, 2.45) is 0 Å². The Hall–Kier alpha value is -0.940. The van der Waals surface area contributed by atoms with Crippen molar-refractivity contribution in [3.05, 3.63) is 11.7 Å². The van der Waals surface area contributed by atoms with Gasteiger partial charge in [-0.3, -0.25) is 4.90 Å². The summed E-state index contributed by atoms with van der Waals surface area (Å²) in [5.41, 5.74) is 0. The molecule has 0 spiro atoms. The molecule has 0 radical (unpaired) electrons. The fraction of sp³-hybridized carbons (Fsp3) is 0.833. The molecule has 0 aromatic carbocycles. The molecule has 1 unspecified atom stereocenters. The van der Waals surface area contributed by atoms with E-state index in [9.17, 15) is 0 Å². The summed E-state index contributed by atoms with van der Waals surface area (Å²) < 4.78 is 5.26. The van der Waals surface area contributed by atoms with Gasteiger partial charge in [0.25, 0.3) is 0 Å². The summed E-state index contributed by atoms with van der Waals surface area (Å²) in [5, 5.41) is 7.40. The molecule has 5 heteroatoms. The molecule has 1 aliphatic rings. The molecule has 0 saturated carbocycles. The van der Waals surface area contributed by atoms with Gasteiger partial charge in [-0.1, -0.05) is 19.0 Å². The lowest BCUT2D eigenvalue weighted by atomic mass is 10.1. The number of likely N-dealkylation sites (N-methyl/N-ethyl adjacent to an activating group) is 1. The van der Waals surface area contributed by atoms with Crippen LogP contribution in [0, 0.1) is 0 Å². The molecule has 0 bridgehead atoms. The van der Waals surface area contributed by atoms with E-state index in [4.69, 9.17) is 4.52 Å². The van der Waals surface area contributed by atoms with Gasteiger partial charge < -0.3 is 9.84 Å². The molecular formula is C12H22N4O. The third-order valence-corrected chi connectivity index (χ3v) is 3.28. The minimum absolute atomic E-state index is 0.328. The van der Waals surface area contributed by atoms with Crippen molar-refractivity contribution < 1.29 is 4.52 Å². The van der Waals surface area contributed by atoms with Crippen LogP contribution in [0.5, 0.6) is 0 Å². The highest BCUT2D eigenvalue weighted by molar-refractivity contribution is 4.92. The highest BCUT2D eigenvalue weighted by Crippen LogP contribution is 2.14. The summed E-state index contributed by atoms with van der Waals surface area (Å²) in [6.45, 7) is 7.09. The average Bonchev–Trinajstić information content (AvgIpc) is 2.79. The molecule has 1 aliphatic heterocycles. The first-order chi connectivity index (χ1) is 8.16. The molecule has 1 aromatic heterocycles. The Balaban J connectivity index is 1.90. The number of piperidine rings is 1. The van der Waals surface area contributed by atoms with Crippen molar-refractivity contribution in [3.63, 3.8) is 0 Å². The van der Waals surface area contributed by atoms with Crippen molar-refractivity contribution in [3.8, 4) is 0 Å². The smallest absolute Gasteiger partial charge is 0.240 e. The normalized spacial score (nSPS) is 21.4. The molecule has 1 saturated heterocycles. The first kappa shape index (κ1) is 12.5. The van der Waals surface area contributed by atoms with Crippen LogP contribution in [-0.2, 0) is 6.54 Å². The van der Waals surface area contributed by atoms with Crippen LogP contribution in [-0.4, -0.2) is 41.2 Å². The van der Waals surface area contributed by atoms with E-state index in [-0.39, 0.29) is 0 Å². The largest absolute Gasteiger partial charge is 0.338 e. The van der Waals surface area contributed by atoms with Gasteiger partial charge in [-0.05, 0) is 26.4 Å². The third-order valence-electron chi connectivity index (χ3n) is 3.28. The second kappa shape index (κ2) is 5.60. The zero-order valence-electron chi connectivity index (χ0n) is 10.9. The molecule has 1 aromatic rings. The fourth-order valence-electron chi connectivity index (χ4n) is 2.12. The van der Waals surface area contributed by atoms with Crippen LogP contribution in [0.15, 0.2) is 4.52 Å². The van der Waals surface area contributed by atoms with Gasteiger partial charge >= 0.3 is 0 Å². The van der Waals surface area contributed by atoms with Crippen molar-refractivity contribution in [2.75, 3.05) is 20.1 Å². The molecule has 5 nitrogen and oxygen atoms in total. The number of nitrogens with zero attached hydrogens (tertiary/aromatic N) is 3. The number of hydrogen-bond donors (Lipinski definition) is 1. The van der Waals surface area contributed by atoms with Crippen LogP contribution in [0.25, 0.3) is 0 Å². The van der Waals surface area contributed by atoms with Crippen molar-refractivity contribution in [2.45, 2.75) is 45.2 Å². The minimum atomic E-state index is 0.328. The Bertz CT molecular complexity index is 344. The van der Waals surface area contributed by atoms with Gasteiger partial charge in [-0.25, -0.2) is 0 Å². The lowest BCUT2D eigenvalue weighted by Gasteiger charge is -2.30. The second-order valence-corrected chi connectivity index (χ2v) is 5.12. The maximum Gasteiger partial charge on any atom is 0.240 e. The standard InChI is InChI=1S/C12H22N4O/c1-9(2)12-14-11(17-15-12)8-16(3)10-5-4-6-13-7-10/h9-10,13H,4-8H2,1-3H3. The predicted octanol–water partition coefficient (Wildman–Crippen LogP) is 1.38. The number of rotatable bonds is 4. The van der Waals surface area contributed by atoms with Gasteiger partial charge in [0.1, 0.15) is 0 Å². The number of aromatic nitrogens is 2. The van der Waals surface area contributed by atoms with Crippen LogP contribution in [0.1, 0.15) is 44.3 Å². The first-order valence-electron chi connectivity index (χ1n) is 6.40. The van der Waals surface area contributed by atoms with Crippen LogP contribution in [0.2, 0.25) is 0 Å². The van der Waals surface area contributed by atoms with Gasteiger partial charge in [-0.2, -0.15) is 4.98 Å². The molecule has 2 heterocycles.